The van der Waals surface area contributed by atoms with Gasteiger partial charge in [0, 0.05) is 6.42 Å². The fourth-order valence-electron chi connectivity index (χ4n) is 0.141. The fraction of sp³-hybridized carbons (Fsp3) is 0.667. The number of hydrogen-bond donors (Lipinski definition) is 1. The van der Waals surface area contributed by atoms with Gasteiger partial charge in [-0.1, -0.05) is 5.18 Å². The van der Waals surface area contributed by atoms with Gasteiger partial charge in [0.05, 0.1) is 6.54 Å². The van der Waals surface area contributed by atoms with Crippen molar-refractivity contribution >= 4 is 17.7 Å². The summed E-state index contributed by atoms with van der Waals surface area (Å²) in [6.45, 7) is 0.0440. The normalized spacial score (nSPS) is 8.14. The zero-order valence-corrected chi connectivity index (χ0v) is 4.52. The third-order valence-corrected chi connectivity index (χ3v) is 0.641. The van der Waals surface area contributed by atoms with Gasteiger partial charge in [0.25, 0.3) is 0 Å². The molecule has 0 amide bonds. The minimum atomic E-state index is -0.292. The van der Waals surface area contributed by atoms with Crippen LogP contribution in [0.1, 0.15) is 6.42 Å². The number of hydrogen-bond acceptors (Lipinski definition) is 3. The smallest absolute Gasteiger partial charge is 0.187 e. The molecule has 3 nitrogen and oxygen atoms in total. The Morgan fingerprint density at radius 1 is 1.71 bits per heavy atom. The molecule has 0 aromatic heterocycles. The first-order valence-corrected chi connectivity index (χ1v) is 2.23. The SMILES string of the molecule is O=NCCC(=O)S. The standard InChI is InChI=1S/C3H5NO2S/c5-3(7)1-2-4-6/h1-2H2,(H,5,7). The molecule has 0 unspecified atom stereocenters. The average Bonchev–Trinajstić information content (AvgIpc) is 1.61. The summed E-state index contributed by atoms with van der Waals surface area (Å²) >= 11 is 3.39. The molecule has 0 aliphatic rings. The summed E-state index contributed by atoms with van der Waals surface area (Å²) in [6, 6.07) is 0. The number of nitroso groups, excluding NO2 is 1. The summed E-state index contributed by atoms with van der Waals surface area (Å²) < 4.78 is 0. The van der Waals surface area contributed by atoms with E-state index < -0.39 is 0 Å². The van der Waals surface area contributed by atoms with Crippen molar-refractivity contribution in [3.05, 3.63) is 4.91 Å². The van der Waals surface area contributed by atoms with E-state index in [0.29, 0.717) is 0 Å². The van der Waals surface area contributed by atoms with Gasteiger partial charge in [-0.25, -0.2) is 0 Å². The molecule has 0 aromatic rings. The van der Waals surface area contributed by atoms with Gasteiger partial charge in [-0.2, -0.15) is 4.91 Å². The van der Waals surface area contributed by atoms with Gasteiger partial charge in [0.1, 0.15) is 0 Å². The Kier molecular flexibility index (Phi) is 3.59. The van der Waals surface area contributed by atoms with E-state index in [1.165, 1.54) is 0 Å². The minimum absolute atomic E-state index is 0.0440. The summed E-state index contributed by atoms with van der Waals surface area (Å²) in [4.78, 5) is 19.1. The van der Waals surface area contributed by atoms with Gasteiger partial charge in [-0.3, -0.25) is 4.79 Å². The molecule has 4 heteroatoms. The second-order valence-electron chi connectivity index (χ2n) is 0.996. The third kappa shape index (κ3) is 5.62. The van der Waals surface area contributed by atoms with Gasteiger partial charge in [0.2, 0.25) is 0 Å². The molecule has 0 aliphatic heterocycles. The molecule has 0 aromatic carbocycles. The van der Waals surface area contributed by atoms with Crippen LogP contribution in [-0.4, -0.2) is 11.7 Å². The first kappa shape index (κ1) is 6.62. The number of rotatable bonds is 3. The van der Waals surface area contributed by atoms with Crippen LogP contribution in [0.5, 0.6) is 0 Å². The van der Waals surface area contributed by atoms with E-state index in [1.807, 2.05) is 0 Å². The molecular weight excluding hydrogens is 114 g/mol. The monoisotopic (exact) mass is 119 g/mol. The van der Waals surface area contributed by atoms with Crippen LogP contribution in [0.2, 0.25) is 0 Å². The van der Waals surface area contributed by atoms with Gasteiger partial charge >= 0.3 is 0 Å². The van der Waals surface area contributed by atoms with Gasteiger partial charge in [0.15, 0.2) is 5.12 Å². The van der Waals surface area contributed by atoms with Crippen LogP contribution < -0.4 is 0 Å². The number of nitrogens with zero attached hydrogens (tertiary/aromatic N) is 1. The first-order valence-electron chi connectivity index (χ1n) is 1.78. The van der Waals surface area contributed by atoms with Crippen molar-refractivity contribution in [3.63, 3.8) is 0 Å². The first-order chi connectivity index (χ1) is 3.27. The highest BCUT2D eigenvalue weighted by Crippen LogP contribution is 1.85. The van der Waals surface area contributed by atoms with Gasteiger partial charge in [-0.05, 0) is 0 Å². The number of carbonyl (C=O) groups excluding carboxylic acids is 1. The van der Waals surface area contributed by atoms with Crippen molar-refractivity contribution in [2.75, 3.05) is 6.54 Å². The molecule has 0 bridgehead atoms. The van der Waals surface area contributed by atoms with Crippen molar-refractivity contribution in [3.8, 4) is 0 Å². The largest absolute Gasteiger partial charge is 0.287 e. The molecule has 0 saturated heterocycles. The molecule has 0 saturated carbocycles. The molecule has 0 heterocycles. The summed E-state index contributed by atoms with van der Waals surface area (Å²) in [5.41, 5.74) is 0. The predicted octanol–water partition coefficient (Wildman–Crippen LogP) is 0.599. The number of thiol groups is 1. The van der Waals surface area contributed by atoms with Crippen molar-refractivity contribution in [1.29, 1.82) is 0 Å². The predicted molar refractivity (Wildman–Crippen MR) is 29.3 cm³/mol. The summed E-state index contributed by atoms with van der Waals surface area (Å²) in [5.74, 6) is 0. The van der Waals surface area contributed by atoms with E-state index in [2.05, 4.69) is 17.8 Å². The maximum atomic E-state index is 9.87. The molecular formula is C3H5NO2S. The van der Waals surface area contributed by atoms with Crippen molar-refractivity contribution in [2.45, 2.75) is 6.42 Å². The Hall–Kier alpha value is -0.380. The lowest BCUT2D eigenvalue weighted by Gasteiger charge is -1.78. The summed E-state index contributed by atoms with van der Waals surface area (Å²) in [6.07, 6.45) is 0.145. The van der Waals surface area contributed by atoms with Crippen LogP contribution in [0.25, 0.3) is 0 Å². The zero-order valence-electron chi connectivity index (χ0n) is 3.63. The number of carbonyl (C=O) groups is 1. The fourth-order valence-corrected chi connectivity index (χ4v) is 0.241. The van der Waals surface area contributed by atoms with Crippen molar-refractivity contribution in [1.82, 2.24) is 0 Å². The Morgan fingerprint density at radius 3 is 2.43 bits per heavy atom. The highest BCUT2D eigenvalue weighted by molar-refractivity contribution is 7.96. The highest BCUT2D eigenvalue weighted by Gasteiger charge is 1.89. The summed E-state index contributed by atoms with van der Waals surface area (Å²) in [7, 11) is 0. The van der Waals surface area contributed by atoms with Gasteiger partial charge < -0.3 is 0 Å². The van der Waals surface area contributed by atoms with E-state index in [0.717, 1.165) is 0 Å². The maximum Gasteiger partial charge on any atom is 0.187 e. The van der Waals surface area contributed by atoms with Crippen LogP contribution >= 0.6 is 12.6 Å². The summed E-state index contributed by atoms with van der Waals surface area (Å²) in [5, 5.41) is 2.16. The Bertz CT molecular complexity index is 83.0. The van der Waals surface area contributed by atoms with Crippen LogP contribution in [-0.2, 0) is 4.79 Å². The molecule has 0 radical (unpaired) electrons. The van der Waals surface area contributed by atoms with E-state index >= 15 is 0 Å². The highest BCUT2D eigenvalue weighted by atomic mass is 32.1. The Morgan fingerprint density at radius 2 is 2.29 bits per heavy atom. The lowest BCUT2D eigenvalue weighted by atomic mass is 10.5. The van der Waals surface area contributed by atoms with E-state index in [1.54, 1.807) is 0 Å². The molecule has 40 valence electrons. The van der Waals surface area contributed by atoms with Gasteiger partial charge in [-0.15, -0.1) is 12.6 Å². The lowest BCUT2D eigenvalue weighted by Crippen LogP contribution is -1.87. The van der Waals surface area contributed by atoms with Crippen LogP contribution in [0.4, 0.5) is 0 Å². The molecule has 0 fully saturated rings. The van der Waals surface area contributed by atoms with E-state index in [4.69, 9.17) is 0 Å². The maximum absolute atomic E-state index is 9.87. The topological polar surface area (TPSA) is 46.5 Å². The quantitative estimate of drug-likeness (QED) is 0.436. The van der Waals surface area contributed by atoms with Crippen molar-refractivity contribution < 1.29 is 4.79 Å². The average molecular weight is 119 g/mol. The zero-order chi connectivity index (χ0) is 5.70. The third-order valence-electron chi connectivity index (χ3n) is 0.417. The Labute approximate surface area is 46.5 Å². The molecule has 7 heavy (non-hydrogen) atoms. The molecule has 0 aliphatic carbocycles. The minimum Gasteiger partial charge on any atom is -0.287 e. The molecule has 0 spiro atoms. The Balaban J connectivity index is 2.97. The second kappa shape index (κ2) is 3.80. The lowest BCUT2D eigenvalue weighted by molar-refractivity contribution is -0.110. The second-order valence-corrected chi connectivity index (χ2v) is 1.50. The van der Waals surface area contributed by atoms with Crippen LogP contribution in [0, 0.1) is 4.91 Å². The van der Waals surface area contributed by atoms with Crippen molar-refractivity contribution in [2.24, 2.45) is 5.18 Å². The molecule has 0 N–H and O–H groups in total. The van der Waals surface area contributed by atoms with E-state index in [-0.39, 0.29) is 18.1 Å². The van der Waals surface area contributed by atoms with Crippen LogP contribution in [0.15, 0.2) is 5.18 Å². The van der Waals surface area contributed by atoms with E-state index in [9.17, 15) is 9.70 Å². The molecule has 0 rings (SSSR count). The van der Waals surface area contributed by atoms with Crippen LogP contribution in [0.3, 0.4) is 0 Å². The molecule has 0 atom stereocenters.